The van der Waals surface area contributed by atoms with Crippen LogP contribution < -0.4 is 14.8 Å². The average Bonchev–Trinajstić information content (AvgIpc) is 3.00. The molecule has 2 aromatic rings. The van der Waals surface area contributed by atoms with Crippen LogP contribution in [0.15, 0.2) is 54.2 Å². The van der Waals surface area contributed by atoms with Gasteiger partial charge in [-0.05, 0) is 36.2 Å². The molecule has 1 heterocycles. The van der Waals surface area contributed by atoms with E-state index in [1.165, 1.54) is 12.0 Å². The Hall–Kier alpha value is -3.32. The lowest BCUT2D eigenvalue weighted by Gasteiger charge is -2.14. The van der Waals surface area contributed by atoms with Crippen LogP contribution >= 0.6 is 0 Å². The van der Waals surface area contributed by atoms with Crippen molar-refractivity contribution in [3.05, 3.63) is 59.8 Å². The van der Waals surface area contributed by atoms with Gasteiger partial charge in [0.25, 0.3) is 11.8 Å². The second-order valence-electron chi connectivity index (χ2n) is 6.73. The van der Waals surface area contributed by atoms with Crippen molar-refractivity contribution in [1.82, 2.24) is 4.90 Å². The van der Waals surface area contributed by atoms with Gasteiger partial charge in [-0.15, -0.1) is 0 Å². The minimum absolute atomic E-state index is 0.179. The number of carbonyl (C=O) groups is 2. The quantitative estimate of drug-likeness (QED) is 0.606. The Balaban J connectivity index is 1.97. The Kier molecular flexibility index (Phi) is 7.08. The van der Waals surface area contributed by atoms with E-state index in [-0.39, 0.29) is 30.7 Å². The van der Waals surface area contributed by atoms with Crippen molar-refractivity contribution in [1.29, 1.82) is 0 Å². The van der Waals surface area contributed by atoms with E-state index < -0.39 is 0 Å². The molecule has 0 bridgehead atoms. The van der Waals surface area contributed by atoms with E-state index >= 15 is 0 Å². The van der Waals surface area contributed by atoms with E-state index in [4.69, 9.17) is 14.2 Å². The second-order valence-corrected chi connectivity index (χ2v) is 6.73. The minimum Gasteiger partial charge on any atom is -0.497 e. The van der Waals surface area contributed by atoms with Crippen molar-refractivity contribution in [2.24, 2.45) is 0 Å². The van der Waals surface area contributed by atoms with Crippen LogP contribution in [-0.2, 0) is 14.3 Å². The molecule has 1 aliphatic rings. The number of methoxy groups -OCH3 is 2. The molecular formula is C23H26N2O5. The largest absolute Gasteiger partial charge is 0.497 e. The number of anilines is 1. The number of amides is 2. The molecule has 0 aromatic heterocycles. The molecule has 0 radical (unpaired) electrons. The predicted molar refractivity (Wildman–Crippen MR) is 114 cm³/mol. The summed E-state index contributed by atoms with van der Waals surface area (Å²) in [6.07, 6.45) is 0.895. The van der Waals surface area contributed by atoms with Crippen molar-refractivity contribution < 1.29 is 23.8 Å². The Morgan fingerprint density at radius 1 is 0.933 bits per heavy atom. The third kappa shape index (κ3) is 4.63. The molecule has 2 aromatic carbocycles. The third-order valence-corrected chi connectivity index (χ3v) is 4.64. The van der Waals surface area contributed by atoms with Crippen molar-refractivity contribution in [2.75, 3.05) is 39.3 Å². The number of rotatable bonds is 10. The molecule has 0 saturated carbocycles. The summed E-state index contributed by atoms with van der Waals surface area (Å²) in [7, 11) is 3.11. The summed E-state index contributed by atoms with van der Waals surface area (Å²) in [5, 5.41) is 3.14. The number of carbonyl (C=O) groups excluding carboxylic acids is 2. The van der Waals surface area contributed by atoms with Gasteiger partial charge in [0.05, 0.1) is 32.4 Å². The van der Waals surface area contributed by atoms with Crippen LogP contribution in [0.25, 0.3) is 5.57 Å². The number of nitrogens with one attached hydrogen (secondary N) is 1. The lowest BCUT2D eigenvalue weighted by molar-refractivity contribution is -0.137. The molecule has 0 aliphatic carbocycles. The summed E-state index contributed by atoms with van der Waals surface area (Å²) in [4.78, 5) is 27.3. The first-order valence-electron chi connectivity index (χ1n) is 9.82. The average molecular weight is 410 g/mol. The summed E-state index contributed by atoms with van der Waals surface area (Å²) in [5.41, 5.74) is 1.85. The number of benzene rings is 2. The molecule has 3 rings (SSSR count). The van der Waals surface area contributed by atoms with Crippen LogP contribution in [0.5, 0.6) is 11.5 Å². The second kappa shape index (κ2) is 9.93. The minimum atomic E-state index is -0.386. The van der Waals surface area contributed by atoms with Gasteiger partial charge in [-0.25, -0.2) is 0 Å². The first kappa shape index (κ1) is 21.4. The van der Waals surface area contributed by atoms with Gasteiger partial charge >= 0.3 is 0 Å². The lowest BCUT2D eigenvalue weighted by atomic mass is 10.0. The fraction of sp³-hybridized carbons (Fsp3) is 0.304. The zero-order chi connectivity index (χ0) is 21.5. The van der Waals surface area contributed by atoms with E-state index in [9.17, 15) is 9.59 Å². The third-order valence-electron chi connectivity index (χ3n) is 4.64. The van der Waals surface area contributed by atoms with Gasteiger partial charge in [-0.3, -0.25) is 14.5 Å². The Bertz CT molecular complexity index is 937. The van der Waals surface area contributed by atoms with Crippen LogP contribution in [0, 0.1) is 0 Å². The van der Waals surface area contributed by atoms with E-state index in [2.05, 4.69) is 5.32 Å². The number of hydrogen-bond donors (Lipinski definition) is 1. The number of imide groups is 1. The number of nitrogens with zero attached hydrogens (tertiary/aromatic N) is 1. The zero-order valence-corrected chi connectivity index (χ0v) is 17.4. The molecule has 7 heteroatoms. The molecule has 2 amide bonds. The monoisotopic (exact) mass is 410 g/mol. The van der Waals surface area contributed by atoms with Gasteiger partial charge in [0.1, 0.15) is 17.2 Å². The van der Waals surface area contributed by atoms with Gasteiger partial charge in [0.2, 0.25) is 0 Å². The number of ether oxygens (including phenoxy) is 3. The maximum atomic E-state index is 13.1. The van der Waals surface area contributed by atoms with Crippen LogP contribution in [0.3, 0.4) is 0 Å². The summed E-state index contributed by atoms with van der Waals surface area (Å²) in [6.45, 7) is 3.08. The SMILES string of the molecule is CCCOc1cccc(NC2=C(c3ccc(OC)cc3)C(=O)N(CCOC)C2=O)c1. The van der Waals surface area contributed by atoms with Gasteiger partial charge in [-0.2, -0.15) is 0 Å². The van der Waals surface area contributed by atoms with Crippen molar-refractivity contribution >= 4 is 23.1 Å². The fourth-order valence-corrected chi connectivity index (χ4v) is 3.13. The van der Waals surface area contributed by atoms with E-state index in [1.54, 1.807) is 31.4 Å². The molecule has 0 saturated heterocycles. The molecule has 1 aliphatic heterocycles. The normalized spacial score (nSPS) is 13.8. The zero-order valence-electron chi connectivity index (χ0n) is 17.4. The van der Waals surface area contributed by atoms with Crippen LogP contribution in [-0.4, -0.2) is 50.7 Å². The van der Waals surface area contributed by atoms with Crippen LogP contribution in [0.1, 0.15) is 18.9 Å². The molecule has 158 valence electrons. The van der Waals surface area contributed by atoms with Crippen molar-refractivity contribution in [2.45, 2.75) is 13.3 Å². The molecule has 0 fully saturated rings. The summed E-state index contributed by atoms with van der Waals surface area (Å²) in [6, 6.07) is 14.4. The van der Waals surface area contributed by atoms with Gasteiger partial charge < -0.3 is 19.5 Å². The van der Waals surface area contributed by atoms with Crippen LogP contribution in [0.4, 0.5) is 5.69 Å². The molecule has 30 heavy (non-hydrogen) atoms. The molecule has 1 N–H and O–H groups in total. The van der Waals surface area contributed by atoms with Crippen LogP contribution in [0.2, 0.25) is 0 Å². The van der Waals surface area contributed by atoms with E-state index in [1.807, 2.05) is 31.2 Å². The van der Waals surface area contributed by atoms with E-state index in [0.717, 1.165) is 6.42 Å². The fourth-order valence-electron chi connectivity index (χ4n) is 3.13. The number of hydrogen-bond acceptors (Lipinski definition) is 6. The molecule has 7 nitrogen and oxygen atoms in total. The lowest BCUT2D eigenvalue weighted by Crippen LogP contribution is -2.35. The highest BCUT2D eigenvalue weighted by Crippen LogP contribution is 2.32. The molecular weight excluding hydrogens is 384 g/mol. The Morgan fingerprint density at radius 3 is 2.37 bits per heavy atom. The first-order valence-corrected chi connectivity index (χ1v) is 9.82. The highest BCUT2D eigenvalue weighted by molar-refractivity contribution is 6.36. The molecule has 0 unspecified atom stereocenters. The van der Waals surface area contributed by atoms with Gasteiger partial charge in [0.15, 0.2) is 0 Å². The maximum absolute atomic E-state index is 13.1. The Labute approximate surface area is 176 Å². The summed E-state index contributed by atoms with van der Waals surface area (Å²) < 4.78 is 15.9. The smallest absolute Gasteiger partial charge is 0.278 e. The van der Waals surface area contributed by atoms with Crippen molar-refractivity contribution in [3.8, 4) is 11.5 Å². The molecule has 0 atom stereocenters. The standard InChI is InChI=1S/C23H26N2O5/c1-4-13-30-19-7-5-6-17(15-19)24-21-20(16-8-10-18(29-3)11-9-16)22(26)25(23(21)27)12-14-28-2/h5-11,15,24H,4,12-14H2,1-3H3. The topological polar surface area (TPSA) is 77.1 Å². The van der Waals surface area contributed by atoms with Gasteiger partial charge in [0, 0.05) is 18.9 Å². The highest BCUT2D eigenvalue weighted by atomic mass is 16.5. The first-order chi connectivity index (χ1) is 14.6. The summed E-state index contributed by atoms with van der Waals surface area (Å²) >= 11 is 0. The molecule has 0 spiro atoms. The summed E-state index contributed by atoms with van der Waals surface area (Å²) in [5.74, 6) is 0.620. The highest BCUT2D eigenvalue weighted by Gasteiger charge is 2.39. The predicted octanol–water partition coefficient (Wildman–Crippen LogP) is 3.32. The van der Waals surface area contributed by atoms with E-state index in [0.29, 0.717) is 34.9 Å². The van der Waals surface area contributed by atoms with Crippen molar-refractivity contribution in [3.63, 3.8) is 0 Å². The van der Waals surface area contributed by atoms with Gasteiger partial charge in [-0.1, -0.05) is 25.1 Å². The Morgan fingerprint density at radius 2 is 1.70 bits per heavy atom. The maximum Gasteiger partial charge on any atom is 0.278 e.